The van der Waals surface area contributed by atoms with Crippen molar-refractivity contribution in [2.75, 3.05) is 26.8 Å². The minimum Gasteiger partial charge on any atom is -0.377 e. The smallest absolute Gasteiger partial charge is 0.0686 e. The van der Waals surface area contributed by atoms with Crippen LogP contribution < -0.4 is 5.32 Å². The highest BCUT2D eigenvalue weighted by Crippen LogP contribution is 2.28. The minimum atomic E-state index is 0.720. The van der Waals surface area contributed by atoms with Gasteiger partial charge in [-0.2, -0.15) is 0 Å². The fourth-order valence-corrected chi connectivity index (χ4v) is 0.955. The first-order valence-electron chi connectivity index (χ1n) is 4.22. The molecule has 1 saturated carbocycles. The van der Waals surface area contributed by atoms with Gasteiger partial charge in [-0.15, -0.1) is 0 Å². The van der Waals surface area contributed by atoms with Crippen LogP contribution >= 0.6 is 0 Å². The second-order valence-electron chi connectivity index (χ2n) is 3.24. The van der Waals surface area contributed by atoms with E-state index in [-0.39, 0.29) is 0 Å². The van der Waals surface area contributed by atoms with Crippen molar-refractivity contribution in [2.45, 2.75) is 12.8 Å². The Kier molecular flexibility index (Phi) is 3.60. The summed E-state index contributed by atoms with van der Waals surface area (Å²) in [6.45, 7) is 6.39. The zero-order chi connectivity index (χ0) is 8.10. The van der Waals surface area contributed by atoms with Crippen molar-refractivity contribution in [2.24, 2.45) is 5.92 Å². The van der Waals surface area contributed by atoms with Gasteiger partial charge < -0.3 is 10.1 Å². The molecule has 2 heteroatoms. The second-order valence-corrected chi connectivity index (χ2v) is 3.24. The van der Waals surface area contributed by atoms with Crippen LogP contribution in [0.2, 0.25) is 0 Å². The zero-order valence-electron chi connectivity index (χ0n) is 7.23. The van der Waals surface area contributed by atoms with Crippen molar-refractivity contribution in [3.63, 3.8) is 0 Å². The molecule has 0 amide bonds. The van der Waals surface area contributed by atoms with E-state index in [9.17, 15) is 0 Å². The normalized spacial score (nSPS) is 16.8. The monoisotopic (exact) mass is 155 g/mol. The van der Waals surface area contributed by atoms with Crippen LogP contribution in [-0.2, 0) is 4.74 Å². The lowest BCUT2D eigenvalue weighted by atomic mass is 10.3. The number of rotatable bonds is 6. The Morgan fingerprint density at radius 2 is 2.36 bits per heavy atom. The molecule has 0 unspecified atom stereocenters. The molecule has 1 fully saturated rings. The number of hydrogen-bond acceptors (Lipinski definition) is 2. The summed E-state index contributed by atoms with van der Waals surface area (Å²) in [6.07, 6.45) is 2.72. The van der Waals surface area contributed by atoms with Crippen LogP contribution in [0.4, 0.5) is 0 Å². The summed E-state index contributed by atoms with van der Waals surface area (Å²) in [7, 11) is 1.92. The molecule has 0 heterocycles. The molecule has 0 saturated heterocycles. The van der Waals surface area contributed by atoms with Crippen molar-refractivity contribution in [1.82, 2.24) is 5.32 Å². The van der Waals surface area contributed by atoms with E-state index in [0.29, 0.717) is 0 Å². The average molecular weight is 155 g/mol. The van der Waals surface area contributed by atoms with Crippen molar-refractivity contribution in [1.29, 1.82) is 0 Å². The van der Waals surface area contributed by atoms with Crippen LogP contribution in [0.1, 0.15) is 12.8 Å². The van der Waals surface area contributed by atoms with Gasteiger partial charge in [0.05, 0.1) is 6.61 Å². The van der Waals surface area contributed by atoms with Crippen LogP contribution in [0.3, 0.4) is 0 Å². The summed E-state index contributed by atoms with van der Waals surface area (Å²) >= 11 is 0. The lowest BCUT2D eigenvalue weighted by Gasteiger charge is -2.05. The highest BCUT2D eigenvalue weighted by molar-refractivity contribution is 4.96. The van der Waals surface area contributed by atoms with E-state index in [1.807, 2.05) is 7.05 Å². The molecule has 0 atom stereocenters. The third kappa shape index (κ3) is 4.17. The number of nitrogens with one attached hydrogen (secondary N) is 1. The van der Waals surface area contributed by atoms with Gasteiger partial charge in [-0.05, 0) is 31.4 Å². The summed E-state index contributed by atoms with van der Waals surface area (Å²) in [5, 5.41) is 3.04. The van der Waals surface area contributed by atoms with E-state index in [0.717, 1.165) is 31.2 Å². The Labute approximate surface area is 68.6 Å². The molecule has 0 spiro atoms. The van der Waals surface area contributed by atoms with E-state index in [4.69, 9.17) is 4.74 Å². The number of ether oxygens (including phenoxy) is 1. The highest BCUT2D eigenvalue weighted by Gasteiger charge is 2.20. The maximum absolute atomic E-state index is 5.43. The van der Waals surface area contributed by atoms with Crippen LogP contribution in [0.5, 0.6) is 0 Å². The first kappa shape index (κ1) is 8.75. The lowest BCUT2D eigenvalue weighted by molar-refractivity contribution is 0.144. The van der Waals surface area contributed by atoms with Gasteiger partial charge in [-0.25, -0.2) is 0 Å². The summed E-state index contributed by atoms with van der Waals surface area (Å²) in [4.78, 5) is 0. The molecule has 0 aromatic carbocycles. The first-order valence-corrected chi connectivity index (χ1v) is 4.22. The molecule has 1 rings (SSSR count). The SMILES string of the molecule is C=C(CNC)COCC1CC1. The Morgan fingerprint density at radius 3 is 2.91 bits per heavy atom. The summed E-state index contributed by atoms with van der Waals surface area (Å²) < 4.78 is 5.43. The van der Waals surface area contributed by atoms with E-state index in [1.54, 1.807) is 0 Å². The zero-order valence-corrected chi connectivity index (χ0v) is 7.23. The molecule has 1 aliphatic carbocycles. The first-order chi connectivity index (χ1) is 5.33. The van der Waals surface area contributed by atoms with Gasteiger partial charge in [0.25, 0.3) is 0 Å². The van der Waals surface area contributed by atoms with Gasteiger partial charge in [0.1, 0.15) is 0 Å². The molecule has 0 radical (unpaired) electrons. The predicted octanol–water partition coefficient (Wildman–Crippen LogP) is 1.19. The molecule has 0 aliphatic heterocycles. The van der Waals surface area contributed by atoms with Crippen molar-refractivity contribution >= 4 is 0 Å². The average Bonchev–Trinajstić information content (AvgIpc) is 2.72. The molecular formula is C9H17NO. The molecular weight excluding hydrogens is 138 g/mol. The second kappa shape index (κ2) is 4.52. The molecule has 0 bridgehead atoms. The molecule has 1 N–H and O–H groups in total. The van der Waals surface area contributed by atoms with Crippen molar-refractivity contribution < 1.29 is 4.74 Å². The van der Waals surface area contributed by atoms with Crippen LogP contribution in [0.15, 0.2) is 12.2 Å². The third-order valence-corrected chi connectivity index (χ3v) is 1.78. The standard InChI is InChI=1S/C9H17NO/c1-8(5-10-2)6-11-7-9-3-4-9/h9-10H,1,3-7H2,2H3. The van der Waals surface area contributed by atoms with Gasteiger partial charge in [-0.3, -0.25) is 0 Å². The summed E-state index contributed by atoms with van der Waals surface area (Å²) in [6, 6.07) is 0. The van der Waals surface area contributed by atoms with E-state index in [2.05, 4.69) is 11.9 Å². The van der Waals surface area contributed by atoms with E-state index >= 15 is 0 Å². The Morgan fingerprint density at radius 1 is 1.64 bits per heavy atom. The highest BCUT2D eigenvalue weighted by atomic mass is 16.5. The fraction of sp³-hybridized carbons (Fsp3) is 0.778. The molecule has 11 heavy (non-hydrogen) atoms. The Bertz CT molecular complexity index is 130. The van der Waals surface area contributed by atoms with Gasteiger partial charge in [0.2, 0.25) is 0 Å². The number of hydrogen-bond donors (Lipinski definition) is 1. The quantitative estimate of drug-likeness (QED) is 0.582. The topological polar surface area (TPSA) is 21.3 Å². The van der Waals surface area contributed by atoms with Crippen LogP contribution in [0, 0.1) is 5.92 Å². The summed E-state index contributed by atoms with van der Waals surface area (Å²) in [5.41, 5.74) is 1.13. The van der Waals surface area contributed by atoms with Gasteiger partial charge in [-0.1, -0.05) is 6.58 Å². The van der Waals surface area contributed by atoms with Crippen LogP contribution in [0.25, 0.3) is 0 Å². The molecule has 64 valence electrons. The number of likely N-dealkylation sites (N-methyl/N-ethyl adjacent to an activating group) is 1. The predicted molar refractivity (Wildman–Crippen MR) is 46.6 cm³/mol. The minimum absolute atomic E-state index is 0.720. The van der Waals surface area contributed by atoms with E-state index < -0.39 is 0 Å². The molecule has 0 aromatic heterocycles. The van der Waals surface area contributed by atoms with Crippen molar-refractivity contribution in [3.8, 4) is 0 Å². The maximum atomic E-state index is 5.43. The van der Waals surface area contributed by atoms with Gasteiger partial charge >= 0.3 is 0 Å². The molecule has 2 nitrogen and oxygen atoms in total. The van der Waals surface area contributed by atoms with Gasteiger partial charge in [0, 0.05) is 13.2 Å². The molecule has 0 aromatic rings. The summed E-state index contributed by atoms with van der Waals surface area (Å²) in [5.74, 6) is 0.859. The third-order valence-electron chi connectivity index (χ3n) is 1.78. The lowest BCUT2D eigenvalue weighted by Crippen LogP contribution is -2.13. The van der Waals surface area contributed by atoms with Crippen LogP contribution in [-0.4, -0.2) is 26.8 Å². The van der Waals surface area contributed by atoms with Gasteiger partial charge in [0.15, 0.2) is 0 Å². The fourth-order valence-electron chi connectivity index (χ4n) is 0.955. The molecule has 1 aliphatic rings. The van der Waals surface area contributed by atoms with E-state index in [1.165, 1.54) is 12.8 Å². The van der Waals surface area contributed by atoms with Crippen molar-refractivity contribution in [3.05, 3.63) is 12.2 Å². The maximum Gasteiger partial charge on any atom is 0.0686 e. The Hall–Kier alpha value is -0.340. The largest absolute Gasteiger partial charge is 0.377 e. The Balaban J connectivity index is 1.88.